The Balaban J connectivity index is 2.04. The zero-order chi connectivity index (χ0) is 17.5. The zero-order valence-corrected chi connectivity index (χ0v) is 12.7. The predicted octanol–water partition coefficient (Wildman–Crippen LogP) is 1.70. The zero-order valence-electron chi connectivity index (χ0n) is 12.7. The first-order chi connectivity index (χ1) is 11.5. The number of carboxylic acids is 1. The first-order valence-corrected chi connectivity index (χ1v) is 7.09. The molecule has 0 radical (unpaired) electrons. The number of aliphatic carboxylic acids is 1. The number of benzene rings is 1. The monoisotopic (exact) mass is 327 g/mol. The van der Waals surface area contributed by atoms with Gasteiger partial charge in [0.2, 0.25) is 0 Å². The summed E-state index contributed by atoms with van der Waals surface area (Å²) in [5.74, 6) is -1.10. The van der Waals surface area contributed by atoms with Crippen LogP contribution in [0.15, 0.2) is 48.8 Å². The lowest BCUT2D eigenvalue weighted by Gasteiger charge is -2.17. The van der Waals surface area contributed by atoms with Crippen LogP contribution >= 0.6 is 0 Å². The van der Waals surface area contributed by atoms with Gasteiger partial charge in [-0.1, -0.05) is 6.07 Å². The Morgan fingerprint density at radius 3 is 2.50 bits per heavy atom. The van der Waals surface area contributed by atoms with Crippen LogP contribution in [0.25, 0.3) is 0 Å². The summed E-state index contributed by atoms with van der Waals surface area (Å²) in [6.07, 6.45) is 2.82. The Hall–Kier alpha value is -3.42. The number of aromatic nitrogens is 1. The van der Waals surface area contributed by atoms with Crippen LogP contribution in [-0.4, -0.2) is 27.9 Å². The highest BCUT2D eigenvalue weighted by Gasteiger charge is 2.18. The van der Waals surface area contributed by atoms with Crippen molar-refractivity contribution in [3.8, 4) is 0 Å². The number of amidine groups is 1. The van der Waals surface area contributed by atoms with E-state index in [-0.39, 0.29) is 12.3 Å². The predicted molar refractivity (Wildman–Crippen MR) is 88.8 cm³/mol. The number of carbonyl (C=O) groups is 2. The van der Waals surface area contributed by atoms with Gasteiger partial charge in [-0.25, -0.2) is 4.79 Å². The second-order valence-corrected chi connectivity index (χ2v) is 5.03. The third-order valence-corrected chi connectivity index (χ3v) is 3.22. The van der Waals surface area contributed by atoms with Crippen molar-refractivity contribution in [2.75, 3.05) is 5.32 Å². The van der Waals surface area contributed by atoms with E-state index in [2.05, 4.69) is 15.6 Å². The van der Waals surface area contributed by atoms with Crippen molar-refractivity contribution in [2.45, 2.75) is 12.5 Å². The number of nitrogens with zero attached hydrogens (tertiary/aromatic N) is 1. The van der Waals surface area contributed by atoms with Crippen LogP contribution in [0.1, 0.15) is 23.6 Å². The average molecular weight is 327 g/mol. The molecule has 1 heterocycles. The highest BCUT2D eigenvalue weighted by molar-refractivity contribution is 5.96. The fourth-order valence-corrected chi connectivity index (χ4v) is 2.07. The number of pyridine rings is 1. The molecule has 0 aliphatic heterocycles. The molecule has 0 saturated heterocycles. The van der Waals surface area contributed by atoms with Crippen LogP contribution in [0.2, 0.25) is 0 Å². The van der Waals surface area contributed by atoms with Crippen LogP contribution in [0, 0.1) is 5.41 Å². The van der Waals surface area contributed by atoms with Gasteiger partial charge in [-0.05, 0) is 35.9 Å². The Kier molecular flexibility index (Phi) is 5.45. The normalized spacial score (nSPS) is 11.3. The Bertz CT molecular complexity index is 731. The number of amides is 2. The van der Waals surface area contributed by atoms with Gasteiger partial charge in [-0.15, -0.1) is 0 Å². The molecule has 1 aromatic heterocycles. The molecule has 2 aromatic rings. The topological polar surface area (TPSA) is 141 Å². The van der Waals surface area contributed by atoms with Gasteiger partial charge in [0.05, 0.1) is 12.5 Å². The van der Waals surface area contributed by atoms with Crippen LogP contribution in [0.5, 0.6) is 0 Å². The summed E-state index contributed by atoms with van der Waals surface area (Å²) >= 11 is 0. The number of urea groups is 1. The fourth-order valence-electron chi connectivity index (χ4n) is 2.07. The second kappa shape index (κ2) is 7.73. The van der Waals surface area contributed by atoms with E-state index in [1.807, 2.05) is 0 Å². The van der Waals surface area contributed by atoms with Gasteiger partial charge in [0.25, 0.3) is 0 Å². The molecule has 6 N–H and O–H groups in total. The minimum absolute atomic E-state index is 0.0656. The Morgan fingerprint density at radius 1 is 1.25 bits per heavy atom. The minimum Gasteiger partial charge on any atom is -0.481 e. The van der Waals surface area contributed by atoms with Crippen molar-refractivity contribution in [2.24, 2.45) is 5.73 Å². The molecular weight excluding hydrogens is 310 g/mol. The molecule has 24 heavy (non-hydrogen) atoms. The number of rotatable bonds is 6. The van der Waals surface area contributed by atoms with Gasteiger partial charge in [0.15, 0.2) is 0 Å². The van der Waals surface area contributed by atoms with E-state index in [1.165, 1.54) is 6.20 Å². The molecule has 1 atom stereocenters. The fraction of sp³-hybridized carbons (Fsp3) is 0.125. The minimum atomic E-state index is -1.03. The first kappa shape index (κ1) is 16.9. The van der Waals surface area contributed by atoms with Gasteiger partial charge in [-0.3, -0.25) is 15.2 Å². The highest BCUT2D eigenvalue weighted by atomic mass is 16.4. The number of nitrogen functional groups attached to an aromatic ring is 1. The van der Waals surface area contributed by atoms with Crippen molar-refractivity contribution in [3.05, 3.63) is 59.9 Å². The van der Waals surface area contributed by atoms with E-state index in [0.29, 0.717) is 16.8 Å². The van der Waals surface area contributed by atoms with Crippen LogP contribution in [0.4, 0.5) is 10.5 Å². The number of nitrogens with one attached hydrogen (secondary N) is 3. The van der Waals surface area contributed by atoms with E-state index >= 15 is 0 Å². The van der Waals surface area contributed by atoms with Crippen molar-refractivity contribution in [1.29, 1.82) is 5.41 Å². The second-order valence-electron chi connectivity index (χ2n) is 5.03. The van der Waals surface area contributed by atoms with E-state index in [9.17, 15) is 9.59 Å². The maximum absolute atomic E-state index is 12.1. The molecule has 1 unspecified atom stereocenters. The van der Waals surface area contributed by atoms with Gasteiger partial charge in [0, 0.05) is 23.6 Å². The van der Waals surface area contributed by atoms with Crippen LogP contribution in [0.3, 0.4) is 0 Å². The molecule has 2 amide bonds. The summed E-state index contributed by atoms with van der Waals surface area (Å²) < 4.78 is 0. The van der Waals surface area contributed by atoms with Crippen LogP contribution in [-0.2, 0) is 4.79 Å². The number of carbonyl (C=O) groups excluding carboxylic acids is 1. The van der Waals surface area contributed by atoms with Crippen molar-refractivity contribution in [1.82, 2.24) is 10.3 Å². The smallest absolute Gasteiger partial charge is 0.319 e. The Morgan fingerprint density at radius 2 is 1.96 bits per heavy atom. The number of nitrogens with two attached hydrogens (primary N) is 1. The maximum Gasteiger partial charge on any atom is 0.319 e. The summed E-state index contributed by atoms with van der Waals surface area (Å²) in [5.41, 5.74) is 7.00. The molecule has 124 valence electrons. The van der Waals surface area contributed by atoms with Gasteiger partial charge < -0.3 is 21.5 Å². The molecule has 0 fully saturated rings. The van der Waals surface area contributed by atoms with Gasteiger partial charge in [-0.2, -0.15) is 0 Å². The summed E-state index contributed by atoms with van der Waals surface area (Å²) in [7, 11) is 0. The molecule has 8 nitrogen and oxygen atoms in total. The molecule has 0 aliphatic carbocycles. The summed E-state index contributed by atoms with van der Waals surface area (Å²) in [5, 5.41) is 21.5. The standard InChI is InChI=1S/C16H17N5O3/c17-15(18)10-3-5-12(6-4-10)20-16(24)21-13(8-14(22)23)11-2-1-7-19-9-11/h1-7,9,13H,8H2,(H3,17,18)(H,22,23)(H2,20,21,24). The Labute approximate surface area is 138 Å². The number of hydrogen-bond acceptors (Lipinski definition) is 4. The van der Waals surface area contributed by atoms with Gasteiger partial charge >= 0.3 is 12.0 Å². The number of hydrogen-bond donors (Lipinski definition) is 5. The molecule has 0 spiro atoms. The summed E-state index contributed by atoms with van der Waals surface area (Å²) in [4.78, 5) is 27.0. The molecule has 0 bridgehead atoms. The van der Waals surface area contributed by atoms with E-state index in [4.69, 9.17) is 16.2 Å². The van der Waals surface area contributed by atoms with E-state index in [0.717, 1.165) is 0 Å². The van der Waals surface area contributed by atoms with Gasteiger partial charge in [0.1, 0.15) is 5.84 Å². The SMILES string of the molecule is N=C(N)c1ccc(NC(=O)NC(CC(=O)O)c2cccnc2)cc1. The number of anilines is 1. The van der Waals surface area contributed by atoms with E-state index < -0.39 is 18.0 Å². The average Bonchev–Trinajstić information content (AvgIpc) is 2.55. The maximum atomic E-state index is 12.1. The molecule has 1 aromatic carbocycles. The third kappa shape index (κ3) is 4.80. The molecular formula is C16H17N5O3. The van der Waals surface area contributed by atoms with Crippen molar-refractivity contribution < 1.29 is 14.7 Å². The molecule has 0 saturated carbocycles. The lowest BCUT2D eigenvalue weighted by Crippen LogP contribution is -2.33. The first-order valence-electron chi connectivity index (χ1n) is 7.09. The largest absolute Gasteiger partial charge is 0.481 e. The van der Waals surface area contributed by atoms with E-state index in [1.54, 1.807) is 42.6 Å². The lowest BCUT2D eigenvalue weighted by atomic mass is 10.1. The van der Waals surface area contributed by atoms with Crippen molar-refractivity contribution in [3.63, 3.8) is 0 Å². The molecule has 2 rings (SSSR count). The number of carboxylic acid groups (broad SMARTS) is 1. The van der Waals surface area contributed by atoms with Crippen LogP contribution < -0.4 is 16.4 Å². The quantitative estimate of drug-likeness (QED) is 0.405. The third-order valence-electron chi connectivity index (χ3n) is 3.22. The molecule has 8 heteroatoms. The highest BCUT2D eigenvalue weighted by Crippen LogP contribution is 2.16. The summed E-state index contributed by atoms with van der Waals surface area (Å²) in [6, 6.07) is 8.54. The van der Waals surface area contributed by atoms with Crippen molar-refractivity contribution >= 4 is 23.5 Å². The summed E-state index contributed by atoms with van der Waals surface area (Å²) in [6.45, 7) is 0. The molecule has 0 aliphatic rings. The lowest BCUT2D eigenvalue weighted by molar-refractivity contribution is -0.137.